The highest BCUT2D eigenvalue weighted by Crippen LogP contribution is 2.29. The summed E-state index contributed by atoms with van der Waals surface area (Å²) in [5, 5.41) is 9.76. The second-order valence-electron chi connectivity index (χ2n) is 7.19. The maximum atomic E-state index is 13.6. The molecule has 28 heavy (non-hydrogen) atoms. The number of halogens is 2. The molecule has 0 bridgehead atoms. The Balaban J connectivity index is 2.14. The van der Waals surface area contributed by atoms with Gasteiger partial charge in [-0.25, -0.2) is 9.18 Å². The van der Waals surface area contributed by atoms with Crippen LogP contribution in [0, 0.1) is 11.7 Å². The topological polar surface area (TPSA) is 50.2 Å². The van der Waals surface area contributed by atoms with E-state index >= 15 is 0 Å². The van der Waals surface area contributed by atoms with Crippen molar-refractivity contribution in [1.82, 2.24) is 4.98 Å². The van der Waals surface area contributed by atoms with E-state index in [0.29, 0.717) is 17.2 Å². The monoisotopic (exact) mass is 441 g/mol. The van der Waals surface area contributed by atoms with E-state index in [1.165, 1.54) is 12.1 Å². The Labute approximate surface area is 172 Å². The summed E-state index contributed by atoms with van der Waals surface area (Å²) in [6.07, 6.45) is 0.993. The minimum atomic E-state index is -1.03. The highest BCUT2D eigenvalue weighted by Gasteiger charge is 2.19. The zero-order valence-electron chi connectivity index (χ0n) is 15.7. The Bertz CT molecular complexity index is 1000. The highest BCUT2D eigenvalue weighted by molar-refractivity contribution is 9.10. The van der Waals surface area contributed by atoms with E-state index in [4.69, 9.17) is 4.98 Å². The number of aromatic nitrogens is 1. The van der Waals surface area contributed by atoms with Crippen LogP contribution in [0.3, 0.4) is 0 Å². The number of carboxylic acid groups (broad SMARTS) is 1. The Morgan fingerprint density at radius 3 is 2.43 bits per heavy atom. The predicted molar refractivity (Wildman–Crippen MR) is 112 cm³/mol. The maximum absolute atomic E-state index is 13.6. The molecule has 0 saturated carbocycles. The summed E-state index contributed by atoms with van der Waals surface area (Å²) < 4.78 is 14.5. The number of carbonyl (C=O) groups is 1. The van der Waals surface area contributed by atoms with Crippen LogP contribution < -0.4 is 0 Å². The van der Waals surface area contributed by atoms with Gasteiger partial charge in [0.05, 0.1) is 11.3 Å². The maximum Gasteiger partial charge on any atom is 0.337 e. The van der Waals surface area contributed by atoms with Crippen molar-refractivity contribution in [2.75, 3.05) is 0 Å². The number of hydrogen-bond acceptors (Lipinski definition) is 2. The molecule has 0 aliphatic heterocycles. The van der Waals surface area contributed by atoms with Crippen molar-refractivity contribution in [3.05, 3.63) is 87.4 Å². The van der Waals surface area contributed by atoms with Crippen LogP contribution in [-0.2, 0) is 12.8 Å². The van der Waals surface area contributed by atoms with Crippen LogP contribution in [0.5, 0.6) is 0 Å². The number of nitrogens with zero attached hydrogens (tertiary/aromatic N) is 1. The quantitative estimate of drug-likeness (QED) is 0.499. The Kier molecular flexibility index (Phi) is 6.25. The standard InChI is InChI=1S/C23H21BrFNO2/c1-14(2)10-21-19(16-6-8-17(24)9-7-16)13-20(23(27)28)22(26-21)12-15-4-3-5-18(25)11-15/h3-9,11,13-14H,10,12H2,1-2H3,(H,27,28). The van der Waals surface area contributed by atoms with E-state index in [1.54, 1.807) is 18.2 Å². The Morgan fingerprint density at radius 1 is 1.11 bits per heavy atom. The van der Waals surface area contributed by atoms with Gasteiger partial charge in [0, 0.05) is 22.2 Å². The molecular weight excluding hydrogens is 421 g/mol. The number of carboxylic acids is 1. The Morgan fingerprint density at radius 2 is 1.82 bits per heavy atom. The SMILES string of the molecule is CC(C)Cc1nc(Cc2cccc(F)c2)c(C(=O)O)cc1-c1ccc(Br)cc1. The summed E-state index contributed by atoms with van der Waals surface area (Å²) >= 11 is 3.43. The lowest BCUT2D eigenvalue weighted by atomic mass is 9.94. The fourth-order valence-electron chi connectivity index (χ4n) is 3.18. The molecule has 0 unspecified atom stereocenters. The summed E-state index contributed by atoms with van der Waals surface area (Å²) in [7, 11) is 0. The molecule has 2 aromatic carbocycles. The third kappa shape index (κ3) is 4.84. The second-order valence-corrected chi connectivity index (χ2v) is 8.11. The molecule has 0 atom stereocenters. The van der Waals surface area contributed by atoms with Gasteiger partial charge in [-0.2, -0.15) is 0 Å². The van der Waals surface area contributed by atoms with Crippen molar-refractivity contribution in [2.24, 2.45) is 5.92 Å². The number of aromatic carboxylic acids is 1. The van der Waals surface area contributed by atoms with Crippen LogP contribution in [0.1, 0.15) is 41.2 Å². The van der Waals surface area contributed by atoms with Gasteiger partial charge in [-0.1, -0.05) is 54.0 Å². The number of rotatable bonds is 6. The van der Waals surface area contributed by atoms with Gasteiger partial charge in [-0.3, -0.25) is 4.98 Å². The van der Waals surface area contributed by atoms with Crippen molar-refractivity contribution in [3.8, 4) is 11.1 Å². The first-order valence-corrected chi connectivity index (χ1v) is 9.89. The number of benzene rings is 2. The van der Waals surface area contributed by atoms with Crippen LogP contribution in [0.2, 0.25) is 0 Å². The summed E-state index contributed by atoms with van der Waals surface area (Å²) in [6, 6.07) is 15.6. The van der Waals surface area contributed by atoms with Gasteiger partial charge < -0.3 is 5.11 Å². The molecule has 0 saturated heterocycles. The van der Waals surface area contributed by atoms with E-state index < -0.39 is 5.97 Å². The van der Waals surface area contributed by atoms with Gasteiger partial charge in [-0.05, 0) is 53.8 Å². The first-order chi connectivity index (χ1) is 13.3. The smallest absolute Gasteiger partial charge is 0.337 e. The average molecular weight is 442 g/mol. The molecule has 0 spiro atoms. The summed E-state index contributed by atoms with van der Waals surface area (Å²) in [5.41, 5.74) is 3.90. The third-order valence-corrected chi connectivity index (χ3v) is 4.96. The van der Waals surface area contributed by atoms with E-state index in [9.17, 15) is 14.3 Å². The van der Waals surface area contributed by atoms with Crippen LogP contribution in [0.25, 0.3) is 11.1 Å². The molecule has 3 nitrogen and oxygen atoms in total. The van der Waals surface area contributed by atoms with Gasteiger partial charge in [0.2, 0.25) is 0 Å². The van der Waals surface area contributed by atoms with Gasteiger partial charge in [0.15, 0.2) is 0 Å². The van der Waals surface area contributed by atoms with E-state index in [1.807, 2.05) is 24.3 Å². The minimum absolute atomic E-state index is 0.148. The van der Waals surface area contributed by atoms with Crippen molar-refractivity contribution in [2.45, 2.75) is 26.7 Å². The first-order valence-electron chi connectivity index (χ1n) is 9.10. The van der Waals surface area contributed by atoms with Crippen molar-refractivity contribution < 1.29 is 14.3 Å². The summed E-state index contributed by atoms with van der Waals surface area (Å²) in [6.45, 7) is 4.20. The summed E-state index contributed by atoms with van der Waals surface area (Å²) in [4.78, 5) is 16.7. The van der Waals surface area contributed by atoms with Crippen molar-refractivity contribution in [1.29, 1.82) is 0 Å². The highest BCUT2D eigenvalue weighted by atomic mass is 79.9. The number of hydrogen-bond donors (Lipinski definition) is 1. The van der Waals surface area contributed by atoms with Gasteiger partial charge in [0.25, 0.3) is 0 Å². The Hall–Kier alpha value is -2.53. The van der Waals surface area contributed by atoms with E-state index in [0.717, 1.165) is 27.7 Å². The first kappa shape index (κ1) is 20.2. The molecule has 0 fully saturated rings. The van der Waals surface area contributed by atoms with Gasteiger partial charge in [0.1, 0.15) is 5.82 Å². The molecule has 1 heterocycles. The molecule has 0 radical (unpaired) electrons. The molecule has 5 heteroatoms. The molecule has 1 N–H and O–H groups in total. The minimum Gasteiger partial charge on any atom is -0.478 e. The predicted octanol–water partition coefficient (Wildman–Crippen LogP) is 6.14. The molecule has 144 valence electrons. The van der Waals surface area contributed by atoms with Gasteiger partial charge in [-0.15, -0.1) is 0 Å². The normalized spacial score (nSPS) is 11.0. The van der Waals surface area contributed by atoms with Crippen molar-refractivity contribution >= 4 is 21.9 Å². The molecule has 1 aromatic heterocycles. The molecule has 0 aliphatic carbocycles. The fraction of sp³-hybridized carbons (Fsp3) is 0.217. The molecular formula is C23H21BrFNO2. The van der Waals surface area contributed by atoms with Crippen LogP contribution in [-0.4, -0.2) is 16.1 Å². The molecule has 0 aliphatic rings. The zero-order chi connectivity index (χ0) is 20.3. The molecule has 3 rings (SSSR count). The lowest BCUT2D eigenvalue weighted by molar-refractivity contribution is 0.0695. The van der Waals surface area contributed by atoms with Crippen LogP contribution in [0.15, 0.2) is 59.1 Å². The van der Waals surface area contributed by atoms with Crippen molar-refractivity contribution in [3.63, 3.8) is 0 Å². The zero-order valence-corrected chi connectivity index (χ0v) is 17.3. The van der Waals surface area contributed by atoms with Crippen LogP contribution >= 0.6 is 15.9 Å². The second kappa shape index (κ2) is 8.65. The van der Waals surface area contributed by atoms with Gasteiger partial charge >= 0.3 is 5.97 Å². The van der Waals surface area contributed by atoms with E-state index in [2.05, 4.69) is 29.8 Å². The largest absolute Gasteiger partial charge is 0.478 e. The van der Waals surface area contributed by atoms with Crippen LogP contribution in [0.4, 0.5) is 4.39 Å². The summed E-state index contributed by atoms with van der Waals surface area (Å²) in [5.74, 6) is -1.02. The molecule has 3 aromatic rings. The lowest BCUT2D eigenvalue weighted by Crippen LogP contribution is -2.11. The number of pyridine rings is 1. The molecule has 0 amide bonds. The lowest BCUT2D eigenvalue weighted by Gasteiger charge is -2.16. The third-order valence-electron chi connectivity index (χ3n) is 4.43. The average Bonchev–Trinajstić information content (AvgIpc) is 2.62. The van der Waals surface area contributed by atoms with E-state index in [-0.39, 0.29) is 17.8 Å². The fourth-order valence-corrected chi connectivity index (χ4v) is 3.44.